The van der Waals surface area contributed by atoms with E-state index in [9.17, 15) is 4.79 Å². The summed E-state index contributed by atoms with van der Waals surface area (Å²) in [6.45, 7) is 5.85. The molecule has 0 bridgehead atoms. The number of halogens is 1. The molecule has 0 aliphatic carbocycles. The van der Waals surface area contributed by atoms with Crippen LogP contribution in [-0.4, -0.2) is 36.3 Å². The minimum atomic E-state index is -0.270. The number of ether oxygens (including phenoxy) is 1. The molecule has 2 aliphatic heterocycles. The first-order valence-electron chi connectivity index (χ1n) is 6.25. The van der Waals surface area contributed by atoms with Crippen LogP contribution in [0.1, 0.15) is 26.7 Å². The van der Waals surface area contributed by atoms with Crippen molar-refractivity contribution in [3.63, 3.8) is 0 Å². The van der Waals surface area contributed by atoms with Crippen LogP contribution in [-0.2, 0) is 9.57 Å². The Bertz CT molecular complexity index is 349. The highest BCUT2D eigenvalue weighted by Crippen LogP contribution is 2.33. The molecule has 102 valence electrons. The van der Waals surface area contributed by atoms with Crippen LogP contribution in [0.15, 0.2) is 10.7 Å². The Balaban J connectivity index is 1.81. The molecule has 0 unspecified atom stereocenters. The molecule has 2 aliphatic rings. The second-order valence-electron chi connectivity index (χ2n) is 5.22. The second kappa shape index (κ2) is 5.48. The summed E-state index contributed by atoms with van der Waals surface area (Å²) in [4.78, 5) is 19.1. The van der Waals surface area contributed by atoms with Gasteiger partial charge in [0, 0.05) is 25.9 Å². The minimum Gasteiger partial charge on any atom is -0.449 e. The highest BCUT2D eigenvalue weighted by molar-refractivity contribution is 9.11. The molecule has 0 saturated carbocycles. The molecule has 0 atom stereocenters. The summed E-state index contributed by atoms with van der Waals surface area (Å²) < 4.78 is 6.08. The van der Waals surface area contributed by atoms with E-state index in [2.05, 4.69) is 21.4 Å². The molecule has 1 amide bonds. The van der Waals surface area contributed by atoms with E-state index in [0.29, 0.717) is 25.6 Å². The van der Waals surface area contributed by atoms with Crippen molar-refractivity contribution in [2.75, 3.05) is 19.7 Å². The Kier molecular flexibility index (Phi) is 4.17. The average Bonchev–Trinajstić information content (AvgIpc) is 2.68. The molecule has 1 spiro atoms. The largest absolute Gasteiger partial charge is 0.449 e. The smallest absolute Gasteiger partial charge is 0.409 e. The molecular formula is C12H19BrN2O3. The van der Waals surface area contributed by atoms with E-state index in [1.165, 1.54) is 0 Å². The minimum absolute atomic E-state index is 0.215. The fraction of sp³-hybridized carbons (Fsp3) is 0.750. The van der Waals surface area contributed by atoms with Gasteiger partial charge in [0.25, 0.3) is 0 Å². The van der Waals surface area contributed by atoms with Gasteiger partial charge in [0.15, 0.2) is 0 Å². The van der Waals surface area contributed by atoms with Crippen molar-refractivity contribution in [3.8, 4) is 0 Å². The van der Waals surface area contributed by atoms with Gasteiger partial charge in [0.2, 0.25) is 0 Å². The van der Waals surface area contributed by atoms with E-state index in [1.54, 1.807) is 4.90 Å². The molecule has 1 N–H and O–H groups in total. The van der Waals surface area contributed by atoms with E-state index in [4.69, 9.17) is 9.57 Å². The van der Waals surface area contributed by atoms with Crippen LogP contribution in [0.25, 0.3) is 0 Å². The van der Waals surface area contributed by atoms with Gasteiger partial charge in [0.05, 0.1) is 6.61 Å². The summed E-state index contributed by atoms with van der Waals surface area (Å²) in [5.74, 6) is 0.367. The van der Waals surface area contributed by atoms with Crippen LogP contribution in [0.4, 0.5) is 4.79 Å². The Morgan fingerprint density at radius 2 is 2.28 bits per heavy atom. The van der Waals surface area contributed by atoms with Crippen molar-refractivity contribution >= 4 is 22.0 Å². The molecule has 6 heteroatoms. The molecule has 0 aromatic rings. The highest BCUT2D eigenvalue weighted by atomic mass is 79.9. The van der Waals surface area contributed by atoms with Crippen molar-refractivity contribution in [2.45, 2.75) is 32.3 Å². The molecule has 0 aromatic carbocycles. The summed E-state index contributed by atoms with van der Waals surface area (Å²) in [5.41, 5.74) is 2.54. The lowest BCUT2D eigenvalue weighted by molar-refractivity contribution is -0.0701. The van der Waals surface area contributed by atoms with Gasteiger partial charge in [0.1, 0.15) is 10.2 Å². The van der Waals surface area contributed by atoms with Crippen LogP contribution in [0.5, 0.6) is 0 Å². The van der Waals surface area contributed by atoms with E-state index in [-0.39, 0.29) is 11.7 Å². The van der Waals surface area contributed by atoms with Crippen LogP contribution in [0.3, 0.4) is 0 Å². The number of likely N-dealkylation sites (tertiary alicyclic amines) is 1. The number of nitrogens with one attached hydrogen (secondary N) is 1. The maximum Gasteiger partial charge on any atom is 0.409 e. The molecule has 1 saturated heterocycles. The van der Waals surface area contributed by atoms with Crippen LogP contribution in [0.2, 0.25) is 0 Å². The number of hydroxylamine groups is 1. The topological polar surface area (TPSA) is 50.8 Å². The number of rotatable bonds is 2. The first kappa shape index (κ1) is 13.7. The fourth-order valence-corrected chi connectivity index (χ4v) is 2.58. The Morgan fingerprint density at radius 3 is 2.78 bits per heavy atom. The Labute approximate surface area is 116 Å². The number of hydrogen-bond donors (Lipinski definition) is 1. The van der Waals surface area contributed by atoms with Gasteiger partial charge < -0.3 is 9.64 Å². The van der Waals surface area contributed by atoms with E-state index in [1.807, 2.05) is 19.9 Å². The molecule has 2 heterocycles. The molecule has 1 fully saturated rings. The van der Waals surface area contributed by atoms with Crippen molar-refractivity contribution in [1.82, 2.24) is 10.4 Å². The summed E-state index contributed by atoms with van der Waals surface area (Å²) in [5, 5.41) is 0. The first-order chi connectivity index (χ1) is 8.51. The van der Waals surface area contributed by atoms with E-state index >= 15 is 0 Å². The lowest BCUT2D eigenvalue weighted by atomic mass is 9.92. The first-order valence-corrected chi connectivity index (χ1v) is 7.04. The van der Waals surface area contributed by atoms with Crippen LogP contribution < -0.4 is 5.48 Å². The third kappa shape index (κ3) is 3.17. The third-order valence-electron chi connectivity index (χ3n) is 3.15. The predicted octanol–water partition coefficient (Wildman–Crippen LogP) is 2.38. The van der Waals surface area contributed by atoms with Crippen LogP contribution in [0, 0.1) is 5.92 Å². The zero-order chi connectivity index (χ0) is 13.2. The number of piperidine rings is 1. The van der Waals surface area contributed by atoms with Crippen LogP contribution >= 0.6 is 15.9 Å². The number of hydrogen-bond acceptors (Lipinski definition) is 4. The SMILES string of the molecule is CC(C)COC(=O)N1CCC2(C=C(Br)NO2)CC1. The molecular weight excluding hydrogens is 300 g/mol. The monoisotopic (exact) mass is 318 g/mol. The quantitative estimate of drug-likeness (QED) is 0.794. The summed E-state index contributed by atoms with van der Waals surface area (Å²) in [6, 6.07) is 0. The summed E-state index contributed by atoms with van der Waals surface area (Å²) in [6.07, 6.45) is 3.38. The van der Waals surface area contributed by atoms with E-state index in [0.717, 1.165) is 17.4 Å². The zero-order valence-electron chi connectivity index (χ0n) is 10.7. The maximum atomic E-state index is 11.8. The maximum absolute atomic E-state index is 11.8. The third-order valence-corrected chi connectivity index (χ3v) is 3.54. The van der Waals surface area contributed by atoms with Gasteiger partial charge in [-0.25, -0.2) is 4.79 Å². The number of carbonyl (C=O) groups is 1. The molecule has 2 rings (SSSR count). The Hall–Kier alpha value is -0.750. The van der Waals surface area contributed by atoms with Gasteiger partial charge in [-0.15, -0.1) is 0 Å². The normalized spacial score (nSPS) is 22.0. The molecule has 0 aromatic heterocycles. The highest BCUT2D eigenvalue weighted by Gasteiger charge is 2.39. The van der Waals surface area contributed by atoms with Gasteiger partial charge in [-0.1, -0.05) is 13.8 Å². The number of amides is 1. The van der Waals surface area contributed by atoms with Gasteiger partial charge in [-0.3, -0.25) is 10.3 Å². The Morgan fingerprint density at radius 1 is 1.61 bits per heavy atom. The van der Waals surface area contributed by atoms with Crippen molar-refractivity contribution in [1.29, 1.82) is 0 Å². The number of carbonyl (C=O) groups excluding carboxylic acids is 1. The van der Waals surface area contributed by atoms with Crippen molar-refractivity contribution in [3.05, 3.63) is 10.7 Å². The zero-order valence-corrected chi connectivity index (χ0v) is 12.3. The van der Waals surface area contributed by atoms with Crippen molar-refractivity contribution < 1.29 is 14.4 Å². The summed E-state index contributed by atoms with van der Waals surface area (Å²) in [7, 11) is 0. The second-order valence-corrected chi connectivity index (χ2v) is 6.07. The van der Waals surface area contributed by atoms with Gasteiger partial charge in [-0.05, 0) is 27.9 Å². The van der Waals surface area contributed by atoms with Gasteiger partial charge in [-0.2, -0.15) is 0 Å². The number of nitrogens with zero attached hydrogens (tertiary/aromatic N) is 1. The molecule has 18 heavy (non-hydrogen) atoms. The standard InChI is InChI=1S/C12H19BrN2O3/c1-9(2)8-17-11(16)15-5-3-12(4-6-15)7-10(13)14-18-12/h7,9,14H,3-6,8H2,1-2H3. The lowest BCUT2D eigenvalue weighted by Crippen LogP contribution is -2.47. The van der Waals surface area contributed by atoms with Gasteiger partial charge >= 0.3 is 6.09 Å². The van der Waals surface area contributed by atoms with E-state index < -0.39 is 0 Å². The predicted molar refractivity (Wildman–Crippen MR) is 71.0 cm³/mol. The summed E-state index contributed by atoms with van der Waals surface area (Å²) >= 11 is 3.35. The molecule has 5 nitrogen and oxygen atoms in total. The lowest BCUT2D eigenvalue weighted by Gasteiger charge is -2.36. The molecule has 0 radical (unpaired) electrons. The van der Waals surface area contributed by atoms with Crippen molar-refractivity contribution in [2.24, 2.45) is 5.92 Å². The fourth-order valence-electron chi connectivity index (χ4n) is 2.08. The average molecular weight is 319 g/mol.